The van der Waals surface area contributed by atoms with Crippen LogP contribution in [0.1, 0.15) is 12.5 Å². The predicted octanol–water partition coefficient (Wildman–Crippen LogP) is 1.47. The zero-order valence-electron chi connectivity index (χ0n) is 6.36. The average Bonchev–Trinajstić information content (AvgIpc) is 2.06. The molecule has 0 saturated carbocycles. The molecule has 0 bridgehead atoms. The van der Waals surface area contributed by atoms with Crippen molar-refractivity contribution in [3.05, 3.63) is 30.1 Å². The van der Waals surface area contributed by atoms with E-state index < -0.39 is 0 Å². The lowest BCUT2D eigenvalue weighted by Gasteiger charge is -1.96. The van der Waals surface area contributed by atoms with E-state index in [2.05, 4.69) is 10.1 Å². The van der Waals surface area contributed by atoms with Gasteiger partial charge in [0.1, 0.15) is 0 Å². The van der Waals surface area contributed by atoms with Crippen molar-refractivity contribution in [3.63, 3.8) is 0 Å². The second-order valence-corrected chi connectivity index (χ2v) is 2.37. The topological polar surface area (TPSA) is 45.5 Å². The number of aromatic nitrogens is 1. The summed E-state index contributed by atoms with van der Waals surface area (Å²) in [6.07, 6.45) is 4.12. The van der Waals surface area contributed by atoms with Crippen molar-refractivity contribution in [1.29, 1.82) is 0 Å². The van der Waals surface area contributed by atoms with Crippen LogP contribution in [0.2, 0.25) is 0 Å². The standard InChI is InChI=1S/C8H10N2O/c1-7(10-11)6-8-2-4-9-5-3-8/h2-5,11H,6H2,1H3/b10-7+. The van der Waals surface area contributed by atoms with Crippen LogP contribution in [0, 0.1) is 0 Å². The van der Waals surface area contributed by atoms with Gasteiger partial charge in [0.05, 0.1) is 5.71 Å². The minimum Gasteiger partial charge on any atom is -0.411 e. The van der Waals surface area contributed by atoms with Gasteiger partial charge >= 0.3 is 0 Å². The minimum atomic E-state index is 0.680. The van der Waals surface area contributed by atoms with Crippen LogP contribution in [-0.4, -0.2) is 15.9 Å². The first-order valence-corrected chi connectivity index (χ1v) is 3.39. The molecule has 0 aliphatic heterocycles. The number of nitrogens with zero attached hydrogens (tertiary/aromatic N) is 2. The first kappa shape index (κ1) is 7.72. The third-order valence-corrected chi connectivity index (χ3v) is 1.38. The molecule has 3 heteroatoms. The number of hydrogen-bond donors (Lipinski definition) is 1. The molecule has 0 atom stereocenters. The molecule has 1 aromatic heterocycles. The maximum Gasteiger partial charge on any atom is 0.0583 e. The van der Waals surface area contributed by atoms with E-state index in [1.54, 1.807) is 19.3 Å². The van der Waals surface area contributed by atoms with Crippen LogP contribution in [0.5, 0.6) is 0 Å². The summed E-state index contributed by atoms with van der Waals surface area (Å²) in [6, 6.07) is 3.80. The van der Waals surface area contributed by atoms with Gasteiger partial charge in [-0.25, -0.2) is 0 Å². The second kappa shape index (κ2) is 3.71. The van der Waals surface area contributed by atoms with Crippen molar-refractivity contribution in [2.45, 2.75) is 13.3 Å². The lowest BCUT2D eigenvalue weighted by molar-refractivity contribution is 0.317. The van der Waals surface area contributed by atoms with Crippen LogP contribution >= 0.6 is 0 Å². The zero-order chi connectivity index (χ0) is 8.10. The van der Waals surface area contributed by atoms with Crippen molar-refractivity contribution in [2.75, 3.05) is 0 Å². The van der Waals surface area contributed by atoms with E-state index in [9.17, 15) is 0 Å². The Labute approximate surface area is 65.4 Å². The molecule has 0 saturated heterocycles. The van der Waals surface area contributed by atoms with Gasteiger partial charge in [0.25, 0.3) is 0 Å². The number of hydrogen-bond acceptors (Lipinski definition) is 3. The highest BCUT2D eigenvalue weighted by atomic mass is 16.4. The summed E-state index contributed by atoms with van der Waals surface area (Å²) in [6.45, 7) is 1.78. The Balaban J connectivity index is 2.65. The van der Waals surface area contributed by atoms with Crippen LogP contribution in [0.25, 0.3) is 0 Å². The molecule has 0 fully saturated rings. The maximum atomic E-state index is 8.37. The van der Waals surface area contributed by atoms with Gasteiger partial charge in [0, 0.05) is 18.8 Å². The highest BCUT2D eigenvalue weighted by Gasteiger charge is 1.93. The molecule has 1 N–H and O–H groups in total. The van der Waals surface area contributed by atoms with E-state index in [4.69, 9.17) is 5.21 Å². The van der Waals surface area contributed by atoms with E-state index in [0.717, 1.165) is 5.56 Å². The molecule has 1 aromatic rings. The van der Waals surface area contributed by atoms with Crippen LogP contribution in [0.4, 0.5) is 0 Å². The van der Waals surface area contributed by atoms with E-state index in [0.29, 0.717) is 12.1 Å². The third kappa shape index (κ3) is 2.37. The molecule has 0 aliphatic carbocycles. The Morgan fingerprint density at radius 3 is 2.73 bits per heavy atom. The monoisotopic (exact) mass is 150 g/mol. The van der Waals surface area contributed by atoms with Gasteiger partial charge in [0.15, 0.2) is 0 Å². The molecule has 1 rings (SSSR count). The van der Waals surface area contributed by atoms with Crippen molar-refractivity contribution in [3.8, 4) is 0 Å². The minimum absolute atomic E-state index is 0.680. The fourth-order valence-corrected chi connectivity index (χ4v) is 0.831. The van der Waals surface area contributed by atoms with Gasteiger partial charge in [-0.1, -0.05) is 5.16 Å². The average molecular weight is 150 g/mol. The molecule has 0 amide bonds. The highest BCUT2D eigenvalue weighted by Crippen LogP contribution is 1.98. The smallest absolute Gasteiger partial charge is 0.0583 e. The zero-order valence-corrected chi connectivity index (χ0v) is 6.36. The Bertz CT molecular complexity index is 244. The van der Waals surface area contributed by atoms with E-state index >= 15 is 0 Å². The molecule has 58 valence electrons. The Morgan fingerprint density at radius 1 is 1.55 bits per heavy atom. The lowest BCUT2D eigenvalue weighted by atomic mass is 10.1. The van der Waals surface area contributed by atoms with Crippen LogP contribution < -0.4 is 0 Å². The molecule has 1 heterocycles. The van der Waals surface area contributed by atoms with Crippen molar-refractivity contribution < 1.29 is 5.21 Å². The number of rotatable bonds is 2. The van der Waals surface area contributed by atoms with Crippen LogP contribution in [0.15, 0.2) is 29.7 Å². The van der Waals surface area contributed by atoms with Crippen molar-refractivity contribution in [1.82, 2.24) is 4.98 Å². The highest BCUT2D eigenvalue weighted by molar-refractivity contribution is 5.83. The number of pyridine rings is 1. The first-order chi connectivity index (χ1) is 5.33. The molecule has 11 heavy (non-hydrogen) atoms. The Morgan fingerprint density at radius 2 is 2.18 bits per heavy atom. The molecule has 0 unspecified atom stereocenters. The van der Waals surface area contributed by atoms with Crippen molar-refractivity contribution >= 4 is 5.71 Å². The lowest BCUT2D eigenvalue weighted by Crippen LogP contribution is -1.96. The van der Waals surface area contributed by atoms with Gasteiger partial charge < -0.3 is 5.21 Å². The van der Waals surface area contributed by atoms with Crippen LogP contribution in [-0.2, 0) is 6.42 Å². The van der Waals surface area contributed by atoms with Gasteiger partial charge in [-0.15, -0.1) is 0 Å². The van der Waals surface area contributed by atoms with Gasteiger partial charge in [-0.05, 0) is 24.6 Å². The molecule has 0 aromatic carbocycles. The maximum absolute atomic E-state index is 8.37. The largest absolute Gasteiger partial charge is 0.411 e. The summed E-state index contributed by atoms with van der Waals surface area (Å²) in [5.41, 5.74) is 1.81. The van der Waals surface area contributed by atoms with Gasteiger partial charge in [0.2, 0.25) is 0 Å². The SMILES string of the molecule is C/C(Cc1ccncc1)=N\O. The van der Waals surface area contributed by atoms with Gasteiger partial charge in [-0.3, -0.25) is 4.98 Å². The number of oxime groups is 1. The van der Waals surface area contributed by atoms with Crippen molar-refractivity contribution in [2.24, 2.45) is 5.16 Å². The molecule has 3 nitrogen and oxygen atoms in total. The summed E-state index contributed by atoms with van der Waals surface area (Å²) < 4.78 is 0. The van der Waals surface area contributed by atoms with E-state index in [-0.39, 0.29) is 0 Å². The molecular weight excluding hydrogens is 140 g/mol. The summed E-state index contributed by atoms with van der Waals surface area (Å²) in [7, 11) is 0. The quantitative estimate of drug-likeness (QED) is 0.394. The second-order valence-electron chi connectivity index (χ2n) is 2.37. The Kier molecular flexibility index (Phi) is 2.60. The normalized spacial score (nSPS) is 11.5. The summed E-state index contributed by atoms with van der Waals surface area (Å²) in [4.78, 5) is 3.88. The molecular formula is C8H10N2O. The molecule has 0 radical (unpaired) electrons. The summed E-state index contributed by atoms with van der Waals surface area (Å²) >= 11 is 0. The molecule has 0 spiro atoms. The van der Waals surface area contributed by atoms with E-state index in [1.807, 2.05) is 12.1 Å². The fraction of sp³-hybridized carbons (Fsp3) is 0.250. The summed E-state index contributed by atoms with van der Waals surface area (Å²) in [5.74, 6) is 0. The van der Waals surface area contributed by atoms with Gasteiger partial charge in [-0.2, -0.15) is 0 Å². The predicted molar refractivity (Wildman–Crippen MR) is 42.8 cm³/mol. The third-order valence-electron chi connectivity index (χ3n) is 1.38. The molecule has 0 aliphatic rings. The van der Waals surface area contributed by atoms with E-state index in [1.165, 1.54) is 0 Å². The summed E-state index contributed by atoms with van der Waals surface area (Å²) in [5, 5.41) is 11.4. The Hall–Kier alpha value is -1.38. The van der Waals surface area contributed by atoms with Crippen LogP contribution in [0.3, 0.4) is 0 Å². The fourth-order valence-electron chi connectivity index (χ4n) is 0.831. The first-order valence-electron chi connectivity index (χ1n) is 3.39.